The normalized spacial score (nSPS) is 15.8. The third-order valence-corrected chi connectivity index (χ3v) is 3.78. The van der Waals surface area contributed by atoms with Crippen LogP contribution >= 0.6 is 12.4 Å². The number of rotatable bonds is 9. The molecule has 0 bridgehead atoms. The van der Waals surface area contributed by atoms with Crippen LogP contribution in [0.5, 0.6) is 0 Å². The number of carboxylic acids is 1. The van der Waals surface area contributed by atoms with Crippen molar-refractivity contribution in [2.75, 3.05) is 32.7 Å². The van der Waals surface area contributed by atoms with E-state index in [1.165, 1.54) is 25.7 Å². The quantitative estimate of drug-likeness (QED) is 0.520. The van der Waals surface area contributed by atoms with Crippen LogP contribution in [-0.2, 0) is 9.59 Å². The van der Waals surface area contributed by atoms with Crippen LogP contribution < -0.4 is 0 Å². The average Bonchev–Trinajstić information content (AvgIpc) is 2.46. The molecule has 0 aromatic carbocycles. The molecule has 1 amide bonds. The summed E-state index contributed by atoms with van der Waals surface area (Å²) in [7, 11) is 0. The topological polar surface area (TPSA) is 60.9 Å². The Morgan fingerprint density at radius 3 is 2.27 bits per heavy atom. The van der Waals surface area contributed by atoms with Crippen molar-refractivity contribution in [2.45, 2.75) is 45.4 Å². The summed E-state index contributed by atoms with van der Waals surface area (Å²) in [6, 6.07) is 0. The van der Waals surface area contributed by atoms with E-state index in [0.29, 0.717) is 26.2 Å². The number of nitrogens with zero attached hydrogens (tertiary/aromatic N) is 2. The number of hydrogen-bond donors (Lipinski definition) is 1. The largest absolute Gasteiger partial charge is 0.480 e. The van der Waals surface area contributed by atoms with E-state index in [2.05, 4.69) is 6.92 Å². The van der Waals surface area contributed by atoms with Crippen LogP contribution in [0.15, 0.2) is 12.2 Å². The number of hydrogen-bond acceptors (Lipinski definition) is 3. The summed E-state index contributed by atoms with van der Waals surface area (Å²) in [5.41, 5.74) is 0. The Balaban J connectivity index is 0.00000441. The van der Waals surface area contributed by atoms with Crippen LogP contribution in [-0.4, -0.2) is 59.5 Å². The van der Waals surface area contributed by atoms with Crippen molar-refractivity contribution < 1.29 is 14.7 Å². The molecule has 1 heterocycles. The molecule has 1 N–H and O–H groups in total. The molecule has 128 valence electrons. The molecule has 0 radical (unpaired) electrons. The van der Waals surface area contributed by atoms with Gasteiger partial charge in [0, 0.05) is 26.2 Å². The van der Waals surface area contributed by atoms with E-state index < -0.39 is 5.97 Å². The first-order chi connectivity index (χ1) is 10.1. The Morgan fingerprint density at radius 2 is 1.68 bits per heavy atom. The van der Waals surface area contributed by atoms with Gasteiger partial charge in [-0.3, -0.25) is 14.5 Å². The highest BCUT2D eigenvalue weighted by molar-refractivity contribution is 5.87. The second kappa shape index (κ2) is 12.5. The standard InChI is InChI=1S/C16H28N2O3.ClH/c1-2-3-4-5-6-7-8-9-15(19)18-12-10-17(11-13-18)14-16(20)21;/h8-9H,2-7,10-14H2,1H3,(H,20,21);1H. The molecule has 1 fully saturated rings. The molecule has 0 aromatic rings. The fourth-order valence-electron chi connectivity index (χ4n) is 2.47. The second-order valence-electron chi connectivity index (χ2n) is 5.60. The molecule has 22 heavy (non-hydrogen) atoms. The minimum atomic E-state index is -0.808. The number of amides is 1. The number of piperazine rings is 1. The number of halogens is 1. The lowest BCUT2D eigenvalue weighted by molar-refractivity contribution is -0.139. The van der Waals surface area contributed by atoms with E-state index in [1.54, 1.807) is 11.0 Å². The Labute approximate surface area is 139 Å². The lowest BCUT2D eigenvalue weighted by Gasteiger charge is -2.33. The first kappa shape index (κ1) is 20.9. The molecule has 0 saturated carbocycles. The van der Waals surface area contributed by atoms with Crippen molar-refractivity contribution in [1.82, 2.24) is 9.80 Å². The molecule has 1 saturated heterocycles. The van der Waals surface area contributed by atoms with Gasteiger partial charge in [0.2, 0.25) is 5.91 Å². The lowest BCUT2D eigenvalue weighted by Crippen LogP contribution is -2.49. The van der Waals surface area contributed by atoms with E-state index in [0.717, 1.165) is 12.8 Å². The molecule has 1 aliphatic heterocycles. The highest BCUT2D eigenvalue weighted by Gasteiger charge is 2.20. The summed E-state index contributed by atoms with van der Waals surface area (Å²) in [6.07, 6.45) is 10.8. The first-order valence-corrected chi connectivity index (χ1v) is 8.03. The summed E-state index contributed by atoms with van der Waals surface area (Å²) in [6.45, 7) is 4.79. The van der Waals surface area contributed by atoms with E-state index in [4.69, 9.17) is 5.11 Å². The number of unbranched alkanes of at least 4 members (excludes halogenated alkanes) is 5. The molecular weight excluding hydrogens is 304 g/mol. The molecule has 6 heteroatoms. The zero-order valence-electron chi connectivity index (χ0n) is 13.5. The van der Waals surface area contributed by atoms with Gasteiger partial charge in [-0.1, -0.05) is 38.7 Å². The molecule has 0 unspecified atom stereocenters. The maximum Gasteiger partial charge on any atom is 0.317 e. The highest BCUT2D eigenvalue weighted by atomic mass is 35.5. The van der Waals surface area contributed by atoms with Gasteiger partial charge < -0.3 is 10.0 Å². The number of allylic oxidation sites excluding steroid dienone is 1. The number of carbonyl (C=O) groups excluding carboxylic acids is 1. The predicted molar refractivity (Wildman–Crippen MR) is 90.4 cm³/mol. The van der Waals surface area contributed by atoms with Crippen molar-refractivity contribution in [3.63, 3.8) is 0 Å². The van der Waals surface area contributed by atoms with Crippen molar-refractivity contribution >= 4 is 24.3 Å². The van der Waals surface area contributed by atoms with Gasteiger partial charge in [-0.2, -0.15) is 0 Å². The van der Waals surface area contributed by atoms with Gasteiger partial charge in [-0.25, -0.2) is 0 Å². The van der Waals surface area contributed by atoms with Crippen molar-refractivity contribution in [3.05, 3.63) is 12.2 Å². The van der Waals surface area contributed by atoms with Gasteiger partial charge in [-0.05, 0) is 18.9 Å². The van der Waals surface area contributed by atoms with Gasteiger partial charge in [0.1, 0.15) is 0 Å². The molecule has 1 aliphatic rings. The van der Waals surface area contributed by atoms with Gasteiger partial charge in [-0.15, -0.1) is 12.4 Å². The minimum Gasteiger partial charge on any atom is -0.480 e. The van der Waals surface area contributed by atoms with Crippen molar-refractivity contribution in [3.8, 4) is 0 Å². The number of carbonyl (C=O) groups is 2. The third kappa shape index (κ3) is 9.05. The smallest absolute Gasteiger partial charge is 0.317 e. The SMILES string of the molecule is CCCCCCCC=CC(=O)N1CCN(CC(=O)O)CC1.Cl. The fraction of sp³-hybridized carbons (Fsp3) is 0.750. The molecule has 0 aromatic heterocycles. The summed E-state index contributed by atoms with van der Waals surface area (Å²) in [5, 5.41) is 8.73. The van der Waals surface area contributed by atoms with Crippen LogP contribution in [0.1, 0.15) is 45.4 Å². The summed E-state index contributed by atoms with van der Waals surface area (Å²) < 4.78 is 0. The number of aliphatic carboxylic acids is 1. The first-order valence-electron chi connectivity index (χ1n) is 8.03. The molecule has 1 rings (SSSR count). The van der Waals surface area contributed by atoms with Gasteiger partial charge in [0.25, 0.3) is 0 Å². The lowest BCUT2D eigenvalue weighted by atomic mass is 10.1. The summed E-state index contributed by atoms with van der Waals surface area (Å²) in [5.74, 6) is -0.753. The van der Waals surface area contributed by atoms with Crippen molar-refractivity contribution in [2.24, 2.45) is 0 Å². The zero-order valence-corrected chi connectivity index (χ0v) is 14.3. The van der Waals surface area contributed by atoms with E-state index in [-0.39, 0.29) is 24.9 Å². The molecule has 0 spiro atoms. The zero-order chi connectivity index (χ0) is 15.5. The molecular formula is C16H29ClN2O3. The third-order valence-electron chi connectivity index (χ3n) is 3.78. The van der Waals surface area contributed by atoms with E-state index in [1.807, 2.05) is 11.0 Å². The van der Waals surface area contributed by atoms with E-state index >= 15 is 0 Å². The van der Waals surface area contributed by atoms with E-state index in [9.17, 15) is 9.59 Å². The summed E-state index contributed by atoms with van der Waals surface area (Å²) >= 11 is 0. The maximum absolute atomic E-state index is 12.0. The fourth-order valence-corrected chi connectivity index (χ4v) is 2.47. The van der Waals surface area contributed by atoms with Gasteiger partial charge >= 0.3 is 5.97 Å². The molecule has 0 atom stereocenters. The second-order valence-corrected chi connectivity index (χ2v) is 5.60. The Morgan fingerprint density at radius 1 is 1.05 bits per heavy atom. The Kier molecular flexibility index (Phi) is 11.9. The average molecular weight is 333 g/mol. The van der Waals surface area contributed by atoms with Gasteiger partial charge in [0.05, 0.1) is 6.54 Å². The predicted octanol–water partition coefficient (Wildman–Crippen LogP) is 2.55. The van der Waals surface area contributed by atoms with Crippen LogP contribution in [0.25, 0.3) is 0 Å². The molecule has 5 nitrogen and oxygen atoms in total. The van der Waals surface area contributed by atoms with Crippen LogP contribution in [0.2, 0.25) is 0 Å². The number of carboxylic acid groups (broad SMARTS) is 1. The maximum atomic E-state index is 12.0. The van der Waals surface area contributed by atoms with Crippen LogP contribution in [0.4, 0.5) is 0 Å². The minimum absolute atomic E-state index is 0. The summed E-state index contributed by atoms with van der Waals surface area (Å²) in [4.78, 5) is 26.2. The van der Waals surface area contributed by atoms with Crippen LogP contribution in [0.3, 0.4) is 0 Å². The van der Waals surface area contributed by atoms with Gasteiger partial charge in [0.15, 0.2) is 0 Å². The van der Waals surface area contributed by atoms with Crippen molar-refractivity contribution in [1.29, 1.82) is 0 Å². The van der Waals surface area contributed by atoms with Crippen LogP contribution in [0, 0.1) is 0 Å². The Hall–Kier alpha value is -1.07. The molecule has 0 aliphatic carbocycles. The monoisotopic (exact) mass is 332 g/mol. The Bertz CT molecular complexity index is 353. The highest BCUT2D eigenvalue weighted by Crippen LogP contribution is 2.06.